The second-order valence-electron chi connectivity index (χ2n) is 7.17. The first kappa shape index (κ1) is 17.6. The topological polar surface area (TPSA) is 90.5 Å². The highest BCUT2D eigenvalue weighted by atomic mass is 16.5. The summed E-state index contributed by atoms with van der Waals surface area (Å²) in [5, 5.41) is 0. The van der Waals surface area contributed by atoms with Gasteiger partial charge in [-0.25, -0.2) is 4.98 Å². The fourth-order valence-corrected chi connectivity index (χ4v) is 3.80. The number of anilines is 3. The second-order valence-corrected chi connectivity index (χ2v) is 7.17. The van der Waals surface area contributed by atoms with Crippen LogP contribution in [0.5, 0.6) is 0 Å². The van der Waals surface area contributed by atoms with Crippen molar-refractivity contribution in [3.05, 3.63) is 60.7 Å². The summed E-state index contributed by atoms with van der Waals surface area (Å²) in [4.78, 5) is 7.06. The highest BCUT2D eigenvalue weighted by Crippen LogP contribution is 2.37. The molecule has 1 aliphatic rings. The molecule has 6 heteroatoms. The summed E-state index contributed by atoms with van der Waals surface area (Å²) in [6.07, 6.45) is 0. The van der Waals surface area contributed by atoms with Crippen molar-refractivity contribution in [1.82, 2.24) is 4.98 Å². The molecule has 0 saturated carbocycles. The number of morpholine rings is 1. The minimum atomic E-state index is 0.560. The monoisotopic (exact) mass is 386 g/mol. The van der Waals surface area contributed by atoms with E-state index in [0.29, 0.717) is 30.5 Å². The molecule has 4 aromatic rings. The fraction of sp³-hybridized carbons (Fsp3) is 0.174. The standard InChI is InChI=1S/C23H22N4O2/c24-16-4-1-3-15(13-16)18-5-2-6-20-22(18)29-23(26-20)19-14-17(25)7-8-21(19)27-9-11-28-12-10-27/h1-8,13-14H,9-12,24-25H2. The zero-order valence-electron chi connectivity index (χ0n) is 16.0. The van der Waals surface area contributed by atoms with Gasteiger partial charge in [0.25, 0.3) is 0 Å². The van der Waals surface area contributed by atoms with E-state index in [0.717, 1.165) is 46.6 Å². The first-order chi connectivity index (χ1) is 14.2. The van der Waals surface area contributed by atoms with Gasteiger partial charge in [-0.1, -0.05) is 24.3 Å². The number of rotatable bonds is 3. The van der Waals surface area contributed by atoms with Gasteiger partial charge in [0.05, 0.1) is 18.8 Å². The van der Waals surface area contributed by atoms with E-state index < -0.39 is 0 Å². The van der Waals surface area contributed by atoms with Gasteiger partial charge >= 0.3 is 0 Å². The summed E-state index contributed by atoms with van der Waals surface area (Å²) < 4.78 is 11.8. The summed E-state index contributed by atoms with van der Waals surface area (Å²) in [6.45, 7) is 3.06. The van der Waals surface area contributed by atoms with Crippen molar-refractivity contribution in [2.45, 2.75) is 0 Å². The van der Waals surface area contributed by atoms with Crippen LogP contribution in [0.3, 0.4) is 0 Å². The third kappa shape index (κ3) is 3.28. The Morgan fingerprint density at radius 1 is 0.828 bits per heavy atom. The van der Waals surface area contributed by atoms with Gasteiger partial charge in [-0.3, -0.25) is 0 Å². The van der Waals surface area contributed by atoms with Gasteiger partial charge in [-0.15, -0.1) is 0 Å². The Labute approximate surface area is 168 Å². The highest BCUT2D eigenvalue weighted by Gasteiger charge is 2.20. The maximum absolute atomic E-state index is 6.30. The number of nitrogens with two attached hydrogens (primary N) is 2. The Morgan fingerprint density at radius 3 is 2.45 bits per heavy atom. The smallest absolute Gasteiger partial charge is 0.229 e. The van der Waals surface area contributed by atoms with Gasteiger partial charge in [0.1, 0.15) is 5.52 Å². The predicted octanol–water partition coefficient (Wildman–Crippen LogP) is 4.16. The first-order valence-electron chi connectivity index (χ1n) is 9.67. The van der Waals surface area contributed by atoms with E-state index in [4.69, 9.17) is 25.6 Å². The Bertz CT molecular complexity index is 1180. The van der Waals surface area contributed by atoms with Gasteiger partial charge < -0.3 is 25.5 Å². The molecule has 3 aromatic carbocycles. The number of hydrogen-bond acceptors (Lipinski definition) is 6. The van der Waals surface area contributed by atoms with E-state index in [1.54, 1.807) is 0 Å². The van der Waals surface area contributed by atoms with Crippen molar-refractivity contribution in [2.75, 3.05) is 42.7 Å². The molecule has 0 bridgehead atoms. The third-order valence-corrected chi connectivity index (χ3v) is 5.22. The summed E-state index contributed by atoms with van der Waals surface area (Å²) in [5.74, 6) is 0.560. The van der Waals surface area contributed by atoms with Crippen molar-refractivity contribution in [3.8, 4) is 22.6 Å². The lowest BCUT2D eigenvalue weighted by molar-refractivity contribution is 0.122. The first-order valence-corrected chi connectivity index (χ1v) is 9.67. The molecule has 29 heavy (non-hydrogen) atoms. The molecule has 5 rings (SSSR count). The molecule has 1 saturated heterocycles. The van der Waals surface area contributed by atoms with E-state index >= 15 is 0 Å². The van der Waals surface area contributed by atoms with Crippen LogP contribution in [0, 0.1) is 0 Å². The number of ether oxygens (including phenoxy) is 1. The maximum atomic E-state index is 6.30. The summed E-state index contributed by atoms with van der Waals surface area (Å²) in [6, 6.07) is 19.6. The molecular weight excluding hydrogens is 364 g/mol. The van der Waals surface area contributed by atoms with Crippen LogP contribution in [0.1, 0.15) is 0 Å². The van der Waals surface area contributed by atoms with Crippen LogP contribution in [-0.4, -0.2) is 31.3 Å². The molecule has 1 fully saturated rings. The molecule has 1 aromatic heterocycles. The van der Waals surface area contributed by atoms with Crippen molar-refractivity contribution >= 4 is 28.2 Å². The number of benzene rings is 3. The molecule has 4 N–H and O–H groups in total. The normalized spacial score (nSPS) is 14.4. The largest absolute Gasteiger partial charge is 0.435 e. The maximum Gasteiger partial charge on any atom is 0.229 e. The van der Waals surface area contributed by atoms with Crippen molar-refractivity contribution in [3.63, 3.8) is 0 Å². The van der Waals surface area contributed by atoms with Crippen molar-refractivity contribution in [1.29, 1.82) is 0 Å². The summed E-state index contributed by atoms with van der Waals surface area (Å²) in [7, 11) is 0. The predicted molar refractivity (Wildman–Crippen MR) is 117 cm³/mol. The quantitative estimate of drug-likeness (QED) is 0.514. The molecule has 0 atom stereocenters. The van der Waals surface area contributed by atoms with Crippen LogP contribution in [0.2, 0.25) is 0 Å². The van der Waals surface area contributed by atoms with Gasteiger partial charge in [0.2, 0.25) is 5.89 Å². The fourth-order valence-electron chi connectivity index (χ4n) is 3.80. The average molecular weight is 386 g/mol. The number of oxazole rings is 1. The van der Waals surface area contributed by atoms with Gasteiger partial charge in [0.15, 0.2) is 5.58 Å². The second kappa shape index (κ2) is 7.14. The molecule has 0 spiro atoms. The van der Waals surface area contributed by atoms with Crippen LogP contribution in [0.25, 0.3) is 33.7 Å². The lowest BCUT2D eigenvalue weighted by Gasteiger charge is -2.30. The lowest BCUT2D eigenvalue weighted by atomic mass is 10.0. The molecule has 2 heterocycles. The van der Waals surface area contributed by atoms with Crippen LogP contribution in [0.4, 0.5) is 17.1 Å². The molecule has 0 amide bonds. The Balaban J connectivity index is 1.65. The van der Waals surface area contributed by atoms with E-state index in [1.807, 2.05) is 60.7 Å². The zero-order chi connectivity index (χ0) is 19.8. The van der Waals surface area contributed by atoms with Gasteiger partial charge in [0, 0.05) is 35.7 Å². The highest BCUT2D eigenvalue weighted by molar-refractivity contribution is 5.93. The minimum Gasteiger partial charge on any atom is -0.435 e. The van der Waals surface area contributed by atoms with E-state index in [-0.39, 0.29) is 0 Å². The molecule has 0 unspecified atom stereocenters. The molecule has 146 valence electrons. The van der Waals surface area contributed by atoms with Crippen LogP contribution in [0.15, 0.2) is 65.1 Å². The SMILES string of the molecule is Nc1cccc(-c2cccc3nc(-c4cc(N)ccc4N4CCOCC4)oc23)c1. The Kier molecular flexibility index (Phi) is 4.33. The molecule has 0 aliphatic carbocycles. The minimum absolute atomic E-state index is 0.560. The molecular formula is C23H22N4O2. The van der Waals surface area contributed by atoms with Crippen LogP contribution in [-0.2, 0) is 4.74 Å². The third-order valence-electron chi connectivity index (χ3n) is 5.22. The lowest BCUT2D eigenvalue weighted by Crippen LogP contribution is -2.36. The number of hydrogen-bond donors (Lipinski definition) is 2. The summed E-state index contributed by atoms with van der Waals surface area (Å²) in [5.41, 5.74) is 18.9. The van der Waals surface area contributed by atoms with E-state index in [2.05, 4.69) is 4.90 Å². The van der Waals surface area contributed by atoms with Gasteiger partial charge in [-0.2, -0.15) is 0 Å². The van der Waals surface area contributed by atoms with Crippen molar-refractivity contribution < 1.29 is 9.15 Å². The average Bonchev–Trinajstić information content (AvgIpc) is 3.18. The number of aromatic nitrogens is 1. The number of nitrogen functional groups attached to an aromatic ring is 2. The number of para-hydroxylation sites is 1. The van der Waals surface area contributed by atoms with Crippen molar-refractivity contribution in [2.24, 2.45) is 0 Å². The van der Waals surface area contributed by atoms with Crippen LogP contribution >= 0.6 is 0 Å². The number of nitrogens with zero attached hydrogens (tertiary/aromatic N) is 2. The Hall–Kier alpha value is -3.51. The molecule has 1 aliphatic heterocycles. The van der Waals surface area contributed by atoms with Crippen LogP contribution < -0.4 is 16.4 Å². The van der Waals surface area contributed by atoms with E-state index in [9.17, 15) is 0 Å². The van der Waals surface area contributed by atoms with E-state index in [1.165, 1.54) is 0 Å². The molecule has 0 radical (unpaired) electrons. The molecule has 6 nitrogen and oxygen atoms in total. The van der Waals surface area contributed by atoms with Gasteiger partial charge in [-0.05, 0) is 42.0 Å². The number of fused-ring (bicyclic) bond motifs is 1. The Morgan fingerprint density at radius 2 is 1.62 bits per heavy atom. The summed E-state index contributed by atoms with van der Waals surface area (Å²) >= 11 is 0. The zero-order valence-corrected chi connectivity index (χ0v) is 16.0.